The summed E-state index contributed by atoms with van der Waals surface area (Å²) < 4.78 is 48.9. The van der Waals surface area contributed by atoms with Crippen LogP contribution in [0.5, 0.6) is 0 Å². The van der Waals surface area contributed by atoms with E-state index in [1.165, 1.54) is 18.2 Å². The first-order chi connectivity index (χ1) is 32.1. The summed E-state index contributed by atoms with van der Waals surface area (Å²) in [6.45, 7) is 16.4. The number of benzene rings is 8. The maximum Gasteiger partial charge on any atom is 0.415 e. The van der Waals surface area contributed by atoms with Crippen molar-refractivity contribution in [3.63, 3.8) is 0 Å². The lowest BCUT2D eigenvalue weighted by Crippen LogP contribution is -2.08. The number of rotatable bonds is 5. The van der Waals surface area contributed by atoms with E-state index in [0.29, 0.717) is 66.9 Å². The maximum atomic E-state index is 15.0. The van der Waals surface area contributed by atoms with Crippen molar-refractivity contribution in [3.8, 4) is 69.0 Å². The van der Waals surface area contributed by atoms with E-state index < -0.39 is 17.3 Å². The summed E-state index contributed by atoms with van der Waals surface area (Å²) >= 11 is 0. The molecule has 0 bridgehead atoms. The van der Waals surface area contributed by atoms with Gasteiger partial charge in [0.15, 0.2) is 11.4 Å². The number of nitrogens with zero attached hydrogens (tertiary/aromatic N) is 8. The molecule has 0 N–H and O–H groups in total. The van der Waals surface area contributed by atoms with E-state index in [4.69, 9.17) is 13.1 Å². The highest BCUT2D eigenvalue weighted by atomic mass is 19.4. The van der Waals surface area contributed by atoms with E-state index in [9.17, 15) is 34.2 Å². The summed E-state index contributed by atoms with van der Waals surface area (Å²) in [5.74, 6) is 0. The van der Waals surface area contributed by atoms with Crippen LogP contribution in [0.4, 0.5) is 24.5 Å². The van der Waals surface area contributed by atoms with E-state index in [1.54, 1.807) is 42.5 Å². The van der Waals surface area contributed by atoms with Gasteiger partial charge in [0, 0.05) is 21.5 Å². The maximum absolute atomic E-state index is 15.0. The molecule has 0 fully saturated rings. The highest BCUT2D eigenvalue weighted by Crippen LogP contribution is 2.49. The van der Waals surface area contributed by atoms with E-state index in [1.807, 2.05) is 94.1 Å². The zero-order chi connectivity index (χ0) is 45.9. The Labute approximate surface area is 374 Å². The van der Waals surface area contributed by atoms with Crippen molar-refractivity contribution in [2.24, 2.45) is 0 Å². The molecule has 10 rings (SSSR count). The van der Waals surface area contributed by atoms with Gasteiger partial charge >= 0.3 is 6.18 Å². The van der Waals surface area contributed by atoms with Crippen LogP contribution >= 0.6 is 0 Å². The van der Waals surface area contributed by atoms with Crippen molar-refractivity contribution in [1.82, 2.24) is 9.13 Å². The quantitative estimate of drug-likeness (QED) is 0.160. The summed E-state index contributed by atoms with van der Waals surface area (Å²) in [5, 5.41) is 42.4. The highest BCUT2D eigenvalue weighted by Gasteiger charge is 2.36. The van der Waals surface area contributed by atoms with Gasteiger partial charge in [0.05, 0.1) is 98.7 Å². The Morgan fingerprint density at radius 2 is 0.924 bits per heavy atom. The zero-order valence-corrected chi connectivity index (χ0v) is 34.1. The summed E-state index contributed by atoms with van der Waals surface area (Å²) in [5.41, 5.74) is 5.73. The van der Waals surface area contributed by atoms with Crippen LogP contribution in [0.3, 0.4) is 0 Å². The monoisotopic (exact) mass is 854 g/mol. The van der Waals surface area contributed by atoms with Gasteiger partial charge in [0.25, 0.3) is 0 Å². The molecule has 2 heterocycles. The third-order valence-electron chi connectivity index (χ3n) is 11.9. The van der Waals surface area contributed by atoms with E-state index in [2.05, 4.69) is 34.0 Å². The van der Waals surface area contributed by atoms with Gasteiger partial charge in [0.2, 0.25) is 0 Å². The normalized spacial score (nSPS) is 11.2. The average Bonchev–Trinajstić information content (AvgIpc) is 3.86. The smallest absolute Gasteiger partial charge is 0.308 e. The van der Waals surface area contributed by atoms with Crippen molar-refractivity contribution in [2.45, 2.75) is 6.18 Å². The van der Waals surface area contributed by atoms with Crippen LogP contribution in [-0.4, -0.2) is 9.13 Å². The molecule has 10 aromatic rings. The van der Waals surface area contributed by atoms with Crippen molar-refractivity contribution in [2.75, 3.05) is 0 Å². The molecule has 0 spiro atoms. The molecule has 8 aromatic carbocycles. The molecule has 0 saturated heterocycles. The molecule has 0 aliphatic rings. The predicted octanol–water partition coefficient (Wildman–Crippen LogP) is 14.5. The Morgan fingerprint density at radius 3 is 1.39 bits per heavy atom. The molecule has 306 valence electrons. The first-order valence-corrected chi connectivity index (χ1v) is 20.2. The van der Waals surface area contributed by atoms with Crippen molar-refractivity contribution < 1.29 is 13.2 Å². The molecule has 0 aliphatic carbocycles. The van der Waals surface area contributed by atoms with E-state index >= 15 is 0 Å². The minimum absolute atomic E-state index is 0.0747. The number of hydrogen-bond donors (Lipinski definition) is 0. The van der Waals surface area contributed by atoms with Crippen LogP contribution in [0.1, 0.15) is 27.8 Å². The SMILES string of the molecule is [C-]#[N+]c1cc(-n2c3ccccc3c3cc(-c4ccc(C#N)cc4C#N)ccc32)c(-n2c3ccccc3c3cc(-c4ccc(C#N)cc4C#N)ccc32)cc1-c1c([N+]#[C-])cccc1C(F)(F)F. The topological polar surface area (TPSA) is 114 Å². The van der Waals surface area contributed by atoms with Gasteiger partial charge < -0.3 is 9.13 Å². The standard InChI is InChI=1S/C55H25F3N8/c1-63-46-11-7-10-45(55(56,57)58)54(46)44-26-52(65-48-12-5-3-8-40(48)42-24-34(16-20-50(42)65)38-18-14-32(28-59)22-36(38)30-61)53(27-47(44)64-2)66-49-13-6-4-9-41(49)43-25-35(17-21-51(43)66)39-19-15-33(29-60)23-37(39)31-62/h3-27H. The van der Waals surface area contributed by atoms with Crippen LogP contribution in [0.15, 0.2) is 152 Å². The van der Waals surface area contributed by atoms with Crippen molar-refractivity contribution in [3.05, 3.63) is 202 Å². The molecular formula is C55H25F3N8. The number of aromatic nitrogens is 2. The fourth-order valence-electron chi connectivity index (χ4n) is 9.09. The zero-order valence-electron chi connectivity index (χ0n) is 34.1. The Hall–Kier alpha value is -9.91. The number of hydrogen-bond acceptors (Lipinski definition) is 4. The molecule has 0 amide bonds. The van der Waals surface area contributed by atoms with Crippen LogP contribution in [-0.2, 0) is 6.18 Å². The Balaban J connectivity index is 1.33. The van der Waals surface area contributed by atoms with E-state index in [0.717, 1.165) is 38.7 Å². The number of para-hydroxylation sites is 2. The molecular weight excluding hydrogens is 830 g/mol. The fourth-order valence-corrected chi connectivity index (χ4v) is 9.09. The van der Waals surface area contributed by atoms with Gasteiger partial charge in [-0.25, -0.2) is 9.69 Å². The number of halogens is 3. The minimum atomic E-state index is -4.87. The fraction of sp³-hybridized carbons (Fsp3) is 0.0182. The highest BCUT2D eigenvalue weighted by molar-refractivity contribution is 6.13. The minimum Gasteiger partial charge on any atom is -0.308 e. The number of alkyl halides is 3. The molecule has 0 atom stereocenters. The van der Waals surface area contributed by atoms with Crippen molar-refractivity contribution >= 4 is 55.0 Å². The van der Waals surface area contributed by atoms with Crippen LogP contribution in [0.25, 0.3) is 98.1 Å². The third kappa shape index (κ3) is 6.26. The molecule has 0 radical (unpaired) electrons. The second-order valence-electron chi connectivity index (χ2n) is 15.4. The molecule has 0 saturated carbocycles. The number of fused-ring (bicyclic) bond motifs is 6. The lowest BCUT2D eigenvalue weighted by Gasteiger charge is -2.22. The van der Waals surface area contributed by atoms with Gasteiger partial charge in [-0.1, -0.05) is 78.9 Å². The van der Waals surface area contributed by atoms with Crippen LogP contribution in [0, 0.1) is 58.5 Å². The van der Waals surface area contributed by atoms with Gasteiger partial charge in [-0.15, -0.1) is 0 Å². The lowest BCUT2D eigenvalue weighted by atomic mass is 9.94. The summed E-state index contributed by atoms with van der Waals surface area (Å²) in [6, 6.07) is 51.6. The van der Waals surface area contributed by atoms with Gasteiger partial charge in [-0.3, -0.25) is 0 Å². The molecule has 66 heavy (non-hydrogen) atoms. The van der Waals surface area contributed by atoms with Crippen molar-refractivity contribution in [1.29, 1.82) is 21.0 Å². The van der Waals surface area contributed by atoms with Gasteiger partial charge in [-0.2, -0.15) is 34.2 Å². The second-order valence-corrected chi connectivity index (χ2v) is 15.4. The lowest BCUT2D eigenvalue weighted by molar-refractivity contribution is -0.137. The van der Waals surface area contributed by atoms with Crippen LogP contribution in [0.2, 0.25) is 0 Å². The Bertz CT molecular complexity index is 4020. The summed E-state index contributed by atoms with van der Waals surface area (Å²) in [7, 11) is 0. The first-order valence-electron chi connectivity index (χ1n) is 20.2. The van der Waals surface area contributed by atoms with Gasteiger partial charge in [0.1, 0.15) is 0 Å². The molecule has 8 nitrogen and oxygen atoms in total. The number of nitriles is 4. The summed E-state index contributed by atoms with van der Waals surface area (Å²) in [6.07, 6.45) is -4.87. The largest absolute Gasteiger partial charge is 0.415 e. The third-order valence-corrected chi connectivity index (χ3v) is 11.9. The Kier molecular flexibility index (Phi) is 9.41. The molecule has 0 aliphatic heterocycles. The molecule has 0 unspecified atom stereocenters. The second kappa shape index (κ2) is 15.5. The summed E-state index contributed by atoms with van der Waals surface area (Å²) in [4.78, 5) is 7.36. The Morgan fingerprint density at radius 1 is 0.439 bits per heavy atom. The van der Waals surface area contributed by atoms with Crippen LogP contribution < -0.4 is 0 Å². The van der Waals surface area contributed by atoms with E-state index in [-0.39, 0.29) is 16.9 Å². The predicted molar refractivity (Wildman–Crippen MR) is 248 cm³/mol. The molecule has 2 aromatic heterocycles. The first kappa shape index (κ1) is 40.2. The average molecular weight is 855 g/mol. The van der Waals surface area contributed by atoms with Gasteiger partial charge in [-0.05, 0) is 106 Å². The molecule has 11 heteroatoms.